The van der Waals surface area contributed by atoms with Gasteiger partial charge in [-0.2, -0.15) is 0 Å². The molecule has 0 saturated carbocycles. The van der Waals surface area contributed by atoms with E-state index >= 15 is 0 Å². The van der Waals surface area contributed by atoms with Crippen LogP contribution in [0, 0.1) is 0 Å². The van der Waals surface area contributed by atoms with Crippen LogP contribution in [0.3, 0.4) is 0 Å². The van der Waals surface area contributed by atoms with Crippen LogP contribution in [0.4, 0.5) is 0 Å². The SMILES string of the molecule is COCCn1cc(B(O)O)nn1. The van der Waals surface area contributed by atoms with Crippen molar-refractivity contribution >= 4 is 12.7 Å². The maximum absolute atomic E-state index is 8.67. The number of hydrogen-bond donors (Lipinski definition) is 2. The molecule has 1 heterocycles. The summed E-state index contributed by atoms with van der Waals surface area (Å²) >= 11 is 0. The van der Waals surface area contributed by atoms with Gasteiger partial charge in [-0.25, -0.2) is 0 Å². The van der Waals surface area contributed by atoms with Crippen LogP contribution >= 0.6 is 0 Å². The Bertz CT molecular complexity index is 240. The van der Waals surface area contributed by atoms with Crippen LogP contribution < -0.4 is 5.59 Å². The van der Waals surface area contributed by atoms with E-state index in [0.29, 0.717) is 13.2 Å². The molecule has 7 heteroatoms. The van der Waals surface area contributed by atoms with Gasteiger partial charge in [-0.05, 0) is 0 Å². The van der Waals surface area contributed by atoms with Crippen molar-refractivity contribution in [2.24, 2.45) is 0 Å². The van der Waals surface area contributed by atoms with Gasteiger partial charge in [0.25, 0.3) is 0 Å². The summed E-state index contributed by atoms with van der Waals surface area (Å²) in [4.78, 5) is 0. The Morgan fingerprint density at radius 2 is 2.42 bits per heavy atom. The number of nitrogens with zero attached hydrogens (tertiary/aromatic N) is 3. The number of hydrogen-bond acceptors (Lipinski definition) is 5. The van der Waals surface area contributed by atoms with Crippen LogP contribution in [0.1, 0.15) is 0 Å². The van der Waals surface area contributed by atoms with Gasteiger partial charge >= 0.3 is 7.12 Å². The average molecular weight is 171 g/mol. The van der Waals surface area contributed by atoms with Gasteiger partial charge in [0.1, 0.15) is 5.59 Å². The molecule has 0 amide bonds. The largest absolute Gasteiger partial charge is 0.511 e. The van der Waals surface area contributed by atoms with E-state index in [9.17, 15) is 0 Å². The summed E-state index contributed by atoms with van der Waals surface area (Å²) in [6, 6.07) is 0. The van der Waals surface area contributed by atoms with Gasteiger partial charge in [-0.15, -0.1) is 5.10 Å². The van der Waals surface area contributed by atoms with Gasteiger partial charge in [0.15, 0.2) is 0 Å². The summed E-state index contributed by atoms with van der Waals surface area (Å²) in [7, 11) is 0.0277. The van der Waals surface area contributed by atoms with Crippen molar-refractivity contribution in [2.75, 3.05) is 13.7 Å². The highest BCUT2D eigenvalue weighted by molar-refractivity contribution is 6.57. The molecule has 0 aliphatic carbocycles. The predicted molar refractivity (Wildman–Crippen MR) is 41.7 cm³/mol. The highest BCUT2D eigenvalue weighted by Gasteiger charge is 2.14. The quantitative estimate of drug-likeness (QED) is 0.493. The van der Waals surface area contributed by atoms with Crippen molar-refractivity contribution in [2.45, 2.75) is 6.54 Å². The minimum atomic E-state index is -1.55. The second kappa shape index (κ2) is 4.20. The predicted octanol–water partition coefficient (Wildman–Crippen LogP) is -2.40. The van der Waals surface area contributed by atoms with E-state index in [1.807, 2.05) is 0 Å². The zero-order valence-electron chi connectivity index (χ0n) is 6.71. The highest BCUT2D eigenvalue weighted by atomic mass is 16.5. The molecule has 0 radical (unpaired) electrons. The van der Waals surface area contributed by atoms with E-state index in [1.54, 1.807) is 7.11 Å². The van der Waals surface area contributed by atoms with Gasteiger partial charge in [0.2, 0.25) is 0 Å². The minimum Gasteiger partial charge on any atom is -0.422 e. The molecular formula is C5H10BN3O3. The van der Waals surface area contributed by atoms with Crippen LogP contribution in [-0.2, 0) is 11.3 Å². The standard InChI is InChI=1S/C5H10BN3O3/c1-12-3-2-9-4-5(6(10)11)7-8-9/h4,10-11H,2-3H2,1H3. The van der Waals surface area contributed by atoms with Crippen molar-refractivity contribution in [1.29, 1.82) is 0 Å². The number of methoxy groups -OCH3 is 1. The van der Waals surface area contributed by atoms with Crippen molar-refractivity contribution in [1.82, 2.24) is 15.0 Å². The maximum atomic E-state index is 8.67. The molecule has 1 aromatic heterocycles. The molecule has 0 aliphatic heterocycles. The molecule has 2 N–H and O–H groups in total. The molecule has 0 aromatic carbocycles. The molecule has 0 bridgehead atoms. The topological polar surface area (TPSA) is 80.4 Å². The smallest absolute Gasteiger partial charge is 0.422 e. The molecule has 0 saturated heterocycles. The first-order valence-electron chi connectivity index (χ1n) is 3.49. The molecule has 0 atom stereocenters. The normalized spacial score (nSPS) is 10.2. The molecule has 12 heavy (non-hydrogen) atoms. The molecule has 0 fully saturated rings. The van der Waals surface area contributed by atoms with E-state index in [2.05, 4.69) is 10.3 Å². The second-order valence-corrected chi connectivity index (χ2v) is 2.27. The summed E-state index contributed by atoms with van der Waals surface area (Å²) in [6.07, 6.45) is 1.46. The van der Waals surface area contributed by atoms with Gasteiger partial charge in [0, 0.05) is 13.3 Å². The Balaban J connectivity index is 2.52. The molecule has 0 spiro atoms. The van der Waals surface area contributed by atoms with Gasteiger partial charge < -0.3 is 14.8 Å². The van der Waals surface area contributed by atoms with Crippen molar-refractivity contribution in [3.8, 4) is 0 Å². The Morgan fingerprint density at radius 1 is 1.67 bits per heavy atom. The van der Waals surface area contributed by atoms with E-state index in [1.165, 1.54) is 10.9 Å². The van der Waals surface area contributed by atoms with Crippen molar-refractivity contribution in [3.63, 3.8) is 0 Å². The number of ether oxygens (including phenoxy) is 1. The van der Waals surface area contributed by atoms with Crippen LogP contribution in [0.15, 0.2) is 6.20 Å². The lowest BCUT2D eigenvalue weighted by molar-refractivity contribution is 0.183. The van der Waals surface area contributed by atoms with Crippen molar-refractivity contribution < 1.29 is 14.8 Å². The molecular weight excluding hydrogens is 161 g/mol. The van der Waals surface area contributed by atoms with Crippen LogP contribution in [0.25, 0.3) is 0 Å². The van der Waals surface area contributed by atoms with Crippen LogP contribution in [0.5, 0.6) is 0 Å². The number of rotatable bonds is 4. The van der Waals surface area contributed by atoms with Crippen LogP contribution in [-0.4, -0.2) is 45.9 Å². The first-order valence-corrected chi connectivity index (χ1v) is 3.49. The fraction of sp³-hybridized carbons (Fsp3) is 0.600. The Morgan fingerprint density at radius 3 is 2.92 bits per heavy atom. The third-order valence-electron chi connectivity index (χ3n) is 1.35. The highest BCUT2D eigenvalue weighted by Crippen LogP contribution is 1.80. The Hall–Kier alpha value is -0.915. The van der Waals surface area contributed by atoms with Gasteiger partial charge in [-0.1, -0.05) is 5.21 Å². The molecule has 1 rings (SSSR count). The third-order valence-corrected chi connectivity index (χ3v) is 1.35. The molecule has 0 unspecified atom stereocenters. The lowest BCUT2D eigenvalue weighted by Gasteiger charge is -1.96. The van der Waals surface area contributed by atoms with Crippen LogP contribution in [0.2, 0.25) is 0 Å². The monoisotopic (exact) mass is 171 g/mol. The molecule has 66 valence electrons. The van der Waals surface area contributed by atoms with E-state index in [4.69, 9.17) is 14.8 Å². The summed E-state index contributed by atoms with van der Waals surface area (Å²) in [6.45, 7) is 1.07. The third kappa shape index (κ3) is 2.30. The summed E-state index contributed by atoms with van der Waals surface area (Å²) in [5.41, 5.74) is 0.145. The first kappa shape index (κ1) is 9.18. The Kier molecular flexibility index (Phi) is 3.21. The number of aromatic nitrogens is 3. The van der Waals surface area contributed by atoms with E-state index in [-0.39, 0.29) is 5.59 Å². The average Bonchev–Trinajstić information content (AvgIpc) is 2.48. The summed E-state index contributed by atoms with van der Waals surface area (Å²) in [5, 5.41) is 24.5. The zero-order chi connectivity index (χ0) is 8.97. The molecule has 1 aromatic rings. The lowest BCUT2D eigenvalue weighted by Crippen LogP contribution is -2.31. The Labute approximate surface area is 69.9 Å². The second-order valence-electron chi connectivity index (χ2n) is 2.27. The first-order chi connectivity index (χ1) is 5.74. The van der Waals surface area contributed by atoms with Gasteiger partial charge in [-0.3, -0.25) is 4.68 Å². The minimum absolute atomic E-state index is 0.145. The molecule has 6 nitrogen and oxygen atoms in total. The maximum Gasteiger partial charge on any atom is 0.511 e. The van der Waals surface area contributed by atoms with E-state index in [0.717, 1.165) is 0 Å². The summed E-state index contributed by atoms with van der Waals surface area (Å²) in [5.74, 6) is 0. The van der Waals surface area contributed by atoms with Crippen molar-refractivity contribution in [3.05, 3.63) is 6.20 Å². The zero-order valence-corrected chi connectivity index (χ0v) is 6.71. The van der Waals surface area contributed by atoms with Gasteiger partial charge in [0.05, 0.1) is 13.2 Å². The fourth-order valence-corrected chi connectivity index (χ4v) is 0.726. The molecule has 0 aliphatic rings. The summed E-state index contributed by atoms with van der Waals surface area (Å²) < 4.78 is 6.29. The lowest BCUT2D eigenvalue weighted by atomic mass is 9.87. The fourth-order valence-electron chi connectivity index (χ4n) is 0.726. The van der Waals surface area contributed by atoms with E-state index < -0.39 is 7.12 Å².